The van der Waals surface area contributed by atoms with Crippen molar-refractivity contribution < 1.29 is 28.6 Å². The van der Waals surface area contributed by atoms with Gasteiger partial charge in [-0.1, -0.05) is 20.8 Å². The summed E-state index contributed by atoms with van der Waals surface area (Å²) in [6.07, 6.45) is 0. The van der Waals surface area contributed by atoms with Gasteiger partial charge in [0.15, 0.2) is 8.32 Å². The molecule has 0 aromatic rings. The third-order valence-corrected chi connectivity index (χ3v) is 8.06. The van der Waals surface area contributed by atoms with Crippen LogP contribution in [0.25, 0.3) is 0 Å². The van der Waals surface area contributed by atoms with Crippen LogP contribution >= 0.6 is 0 Å². The summed E-state index contributed by atoms with van der Waals surface area (Å²) in [5.41, 5.74) is 0. The summed E-state index contributed by atoms with van der Waals surface area (Å²) < 4.78 is 16.0. The average Bonchev–Trinajstić information content (AvgIpc) is 2.35. The molecule has 0 aliphatic heterocycles. The minimum atomic E-state index is -1.73. The molecule has 0 aromatic carbocycles. The first-order chi connectivity index (χ1) is 10.1. The molecule has 0 spiro atoms. The number of carbonyl (C=O) groups excluding carboxylic acids is 1. The second kappa shape index (κ2) is 9.93. The summed E-state index contributed by atoms with van der Waals surface area (Å²) in [6, 6.07) is 0. The fourth-order valence-electron chi connectivity index (χ4n) is 1.22. The lowest BCUT2D eigenvalue weighted by atomic mass is 10.2. The van der Waals surface area contributed by atoms with E-state index in [0.29, 0.717) is 26.4 Å². The van der Waals surface area contributed by atoms with E-state index in [4.69, 9.17) is 14.3 Å². The van der Waals surface area contributed by atoms with Gasteiger partial charge in [-0.25, -0.2) is 4.79 Å². The van der Waals surface area contributed by atoms with Gasteiger partial charge in [0, 0.05) is 6.54 Å². The summed E-state index contributed by atoms with van der Waals surface area (Å²) >= 11 is 0. The van der Waals surface area contributed by atoms with Crippen molar-refractivity contribution in [3.05, 3.63) is 0 Å². The van der Waals surface area contributed by atoms with Gasteiger partial charge in [0.25, 0.3) is 0 Å². The van der Waals surface area contributed by atoms with Crippen LogP contribution in [0.2, 0.25) is 18.1 Å². The van der Waals surface area contributed by atoms with Crippen LogP contribution in [0.1, 0.15) is 20.8 Å². The lowest BCUT2D eigenvalue weighted by Gasteiger charge is -2.36. The van der Waals surface area contributed by atoms with Gasteiger partial charge in [-0.15, -0.1) is 0 Å². The second-order valence-corrected chi connectivity index (χ2v) is 11.3. The van der Waals surface area contributed by atoms with Crippen molar-refractivity contribution in [2.24, 2.45) is 0 Å². The number of hydrogen-bond donors (Lipinski definition) is 2. The van der Waals surface area contributed by atoms with Gasteiger partial charge in [-0.05, 0) is 18.1 Å². The van der Waals surface area contributed by atoms with Crippen LogP contribution < -0.4 is 5.32 Å². The molecule has 0 fully saturated rings. The molecule has 0 saturated heterocycles. The number of carbonyl (C=O) groups is 2. The molecule has 0 aliphatic rings. The number of rotatable bonds is 11. The molecule has 0 bridgehead atoms. The fourth-order valence-corrected chi connectivity index (χ4v) is 2.25. The van der Waals surface area contributed by atoms with E-state index in [-0.39, 0.29) is 17.6 Å². The molecule has 130 valence electrons. The van der Waals surface area contributed by atoms with Gasteiger partial charge in [-0.3, -0.25) is 4.79 Å². The Balaban J connectivity index is 3.55. The highest BCUT2D eigenvalue weighted by molar-refractivity contribution is 6.74. The highest BCUT2D eigenvalue weighted by Crippen LogP contribution is 2.36. The van der Waals surface area contributed by atoms with Crippen LogP contribution in [0.3, 0.4) is 0 Å². The molecule has 7 nitrogen and oxygen atoms in total. The average molecular weight is 335 g/mol. The first-order valence-electron chi connectivity index (χ1n) is 7.34. The molecule has 22 heavy (non-hydrogen) atoms. The molecule has 0 rings (SSSR count). The van der Waals surface area contributed by atoms with Crippen molar-refractivity contribution in [2.75, 3.05) is 39.6 Å². The van der Waals surface area contributed by atoms with Gasteiger partial charge < -0.3 is 24.3 Å². The van der Waals surface area contributed by atoms with Crippen molar-refractivity contribution in [2.45, 2.75) is 38.9 Å². The summed E-state index contributed by atoms with van der Waals surface area (Å²) in [4.78, 5) is 21.4. The van der Waals surface area contributed by atoms with E-state index in [1.807, 2.05) is 0 Å². The Hall–Kier alpha value is -0.963. The zero-order valence-electron chi connectivity index (χ0n) is 14.2. The molecule has 0 saturated carbocycles. The van der Waals surface area contributed by atoms with E-state index in [1.165, 1.54) is 0 Å². The van der Waals surface area contributed by atoms with Crippen LogP contribution in [-0.2, 0) is 23.5 Å². The molecular weight excluding hydrogens is 306 g/mol. The fraction of sp³-hybridized carbons (Fsp3) is 0.857. The van der Waals surface area contributed by atoms with Crippen LogP contribution in [0.4, 0.5) is 0 Å². The Morgan fingerprint density at radius 1 is 1.05 bits per heavy atom. The predicted octanol–water partition coefficient (Wildman–Crippen LogP) is 1.24. The molecular formula is C14H29NO6Si. The molecule has 8 heteroatoms. The van der Waals surface area contributed by atoms with Gasteiger partial charge in [0.2, 0.25) is 5.91 Å². The van der Waals surface area contributed by atoms with E-state index >= 15 is 0 Å². The highest BCUT2D eigenvalue weighted by atomic mass is 28.4. The number of amides is 1. The topological polar surface area (TPSA) is 94.1 Å². The Morgan fingerprint density at radius 2 is 1.68 bits per heavy atom. The van der Waals surface area contributed by atoms with Crippen LogP contribution in [0.5, 0.6) is 0 Å². The predicted molar refractivity (Wildman–Crippen MR) is 85.4 cm³/mol. The van der Waals surface area contributed by atoms with Gasteiger partial charge in [0.1, 0.15) is 13.2 Å². The Bertz CT molecular complexity index is 354. The summed E-state index contributed by atoms with van der Waals surface area (Å²) in [5.74, 6) is -1.46. The zero-order valence-corrected chi connectivity index (χ0v) is 15.2. The molecule has 2 N–H and O–H groups in total. The number of nitrogens with one attached hydrogen (secondary N) is 1. The summed E-state index contributed by atoms with van der Waals surface area (Å²) in [6.45, 7) is 11.9. The number of ether oxygens (including phenoxy) is 2. The molecule has 0 heterocycles. The summed E-state index contributed by atoms with van der Waals surface area (Å²) in [5, 5.41) is 11.1. The van der Waals surface area contributed by atoms with Gasteiger partial charge in [-0.2, -0.15) is 0 Å². The summed E-state index contributed by atoms with van der Waals surface area (Å²) in [7, 11) is -1.73. The van der Waals surface area contributed by atoms with E-state index < -0.39 is 20.9 Å². The van der Waals surface area contributed by atoms with Gasteiger partial charge >= 0.3 is 5.97 Å². The standard InChI is InChI=1S/C14H29NO6Si/c1-14(2,3)22(4,5)21-9-8-19-7-6-15-12(16)10-20-11-13(17)18/h6-11H2,1-5H3,(H,15,16)(H,17,18). The maximum Gasteiger partial charge on any atom is 0.329 e. The Kier molecular flexibility index (Phi) is 9.50. The molecule has 0 aromatic heterocycles. The minimum absolute atomic E-state index is 0.178. The SMILES string of the molecule is CC(C)(C)[Si](C)(C)OCCOCCNC(=O)COCC(=O)O. The third-order valence-electron chi connectivity index (χ3n) is 3.52. The van der Waals surface area contributed by atoms with E-state index in [9.17, 15) is 9.59 Å². The van der Waals surface area contributed by atoms with E-state index in [1.54, 1.807) is 0 Å². The monoisotopic (exact) mass is 335 g/mol. The Morgan fingerprint density at radius 3 is 2.23 bits per heavy atom. The van der Waals surface area contributed by atoms with Crippen LogP contribution in [-0.4, -0.2) is 64.9 Å². The number of aliphatic carboxylic acids is 1. The number of carboxylic acid groups (broad SMARTS) is 1. The van der Waals surface area contributed by atoms with E-state index in [2.05, 4.69) is 43.9 Å². The van der Waals surface area contributed by atoms with Crippen molar-refractivity contribution in [3.8, 4) is 0 Å². The smallest absolute Gasteiger partial charge is 0.329 e. The third kappa shape index (κ3) is 9.88. The van der Waals surface area contributed by atoms with E-state index in [0.717, 1.165) is 0 Å². The largest absolute Gasteiger partial charge is 0.480 e. The first-order valence-corrected chi connectivity index (χ1v) is 10.2. The maximum absolute atomic E-state index is 11.3. The quantitative estimate of drug-likeness (QED) is 0.436. The number of hydrogen-bond acceptors (Lipinski definition) is 5. The second-order valence-electron chi connectivity index (χ2n) is 6.46. The van der Waals surface area contributed by atoms with Crippen molar-refractivity contribution in [1.82, 2.24) is 5.32 Å². The number of carboxylic acids is 1. The molecule has 0 aliphatic carbocycles. The lowest BCUT2D eigenvalue weighted by Crippen LogP contribution is -2.41. The maximum atomic E-state index is 11.3. The van der Waals surface area contributed by atoms with Crippen LogP contribution in [0.15, 0.2) is 0 Å². The molecule has 0 atom stereocenters. The first kappa shape index (κ1) is 21.0. The molecule has 0 unspecified atom stereocenters. The molecule has 0 radical (unpaired) electrons. The Labute approximate surface area is 133 Å². The zero-order chi connectivity index (χ0) is 17.2. The van der Waals surface area contributed by atoms with Crippen LogP contribution in [0, 0.1) is 0 Å². The van der Waals surface area contributed by atoms with Gasteiger partial charge in [0.05, 0.1) is 19.8 Å². The van der Waals surface area contributed by atoms with Crippen molar-refractivity contribution >= 4 is 20.2 Å². The normalized spacial score (nSPS) is 12.2. The highest BCUT2D eigenvalue weighted by Gasteiger charge is 2.36. The molecule has 1 amide bonds. The van der Waals surface area contributed by atoms with Crippen molar-refractivity contribution in [1.29, 1.82) is 0 Å². The van der Waals surface area contributed by atoms with Crippen molar-refractivity contribution in [3.63, 3.8) is 0 Å². The minimum Gasteiger partial charge on any atom is -0.480 e. The lowest BCUT2D eigenvalue weighted by molar-refractivity contribution is -0.143.